The van der Waals surface area contributed by atoms with Crippen LogP contribution in [0.15, 0.2) is 30.5 Å². The first-order chi connectivity index (χ1) is 18.9. The standard InChI is InChI=1S/C31H48N2O/c1-2-3-4-5-6-7-8-9-10-11-12-13-14-15-16-23-31(34)33-26-27(25-28-20-19-24-32-28)29-21-17-18-22-30(29)33/h6-7,9-10,21-22,26,28,32H,2-5,8,11-20,23-25H2,1H3/b7-6-,10-9-/t28-/m1/s1/i17D,18D,21D,22D,26D/t17?,18?,28-. The van der Waals surface area contributed by atoms with Gasteiger partial charge in [-0.15, -0.1) is 0 Å². The van der Waals surface area contributed by atoms with Gasteiger partial charge in [-0.25, -0.2) is 0 Å². The number of allylic oxidation sites excluding steroid dienone is 4. The molecule has 1 saturated heterocycles. The van der Waals surface area contributed by atoms with Gasteiger partial charge in [0.05, 0.1) is 9.46 Å². The highest BCUT2D eigenvalue weighted by Gasteiger charge is 2.18. The van der Waals surface area contributed by atoms with E-state index in [1.54, 1.807) is 0 Å². The average Bonchev–Trinajstić information content (AvgIpc) is 3.54. The van der Waals surface area contributed by atoms with Crippen molar-refractivity contribution in [3.8, 4) is 0 Å². The predicted molar refractivity (Wildman–Crippen MR) is 147 cm³/mol. The topological polar surface area (TPSA) is 34.0 Å². The number of carbonyl (C=O) groups excluding carboxylic acids is 1. The summed E-state index contributed by atoms with van der Waals surface area (Å²) in [6.07, 6.45) is 21.6. The number of fused-ring (bicyclic) bond motifs is 1. The summed E-state index contributed by atoms with van der Waals surface area (Å²) in [7, 11) is 0. The summed E-state index contributed by atoms with van der Waals surface area (Å²) in [5.41, 5.74) is 0.580. The zero-order valence-electron chi connectivity index (χ0n) is 26.2. The molecule has 0 radical (unpaired) electrons. The van der Waals surface area contributed by atoms with Crippen molar-refractivity contribution in [3.05, 3.63) is 46.6 Å². The lowest BCUT2D eigenvalue weighted by Crippen LogP contribution is -2.35. The van der Waals surface area contributed by atoms with E-state index in [2.05, 4.69) is 36.5 Å². The van der Waals surface area contributed by atoms with Crippen LogP contribution >= 0.6 is 0 Å². The first kappa shape index (κ1) is 20.3. The van der Waals surface area contributed by atoms with Gasteiger partial charge in [0.2, 0.25) is 5.91 Å². The predicted octanol–water partition coefficient (Wildman–Crippen LogP) is 6.59. The maximum Gasteiger partial charge on any atom is 0.231 e. The normalized spacial score (nSPS) is 24.9. The number of nitrogens with zero attached hydrogens (tertiary/aromatic N) is 1. The highest BCUT2D eigenvalue weighted by molar-refractivity contribution is 5.79. The highest BCUT2D eigenvalue weighted by Crippen LogP contribution is 2.12. The van der Waals surface area contributed by atoms with E-state index in [0.717, 1.165) is 64.3 Å². The fraction of sp³-hybridized carbons (Fsp3) is 0.645. The fourth-order valence-corrected chi connectivity index (χ4v) is 4.75. The van der Waals surface area contributed by atoms with Crippen LogP contribution in [0.4, 0.5) is 0 Å². The largest absolute Gasteiger partial charge is 0.314 e. The van der Waals surface area contributed by atoms with Crippen LogP contribution in [-0.4, -0.2) is 23.1 Å². The Balaban J connectivity index is 1.51. The molecule has 3 nitrogen and oxygen atoms in total. The van der Waals surface area contributed by atoms with Gasteiger partial charge in [-0.2, -0.15) is 0 Å². The third kappa shape index (κ3) is 9.06. The molecule has 1 aromatic rings. The van der Waals surface area contributed by atoms with Gasteiger partial charge < -0.3 is 5.32 Å². The molecular weight excluding hydrogens is 416 g/mol. The number of hydrogen-bond donors (Lipinski definition) is 1. The smallest absolute Gasteiger partial charge is 0.231 e. The summed E-state index contributed by atoms with van der Waals surface area (Å²) >= 11 is 0. The fourth-order valence-electron chi connectivity index (χ4n) is 4.75. The van der Waals surface area contributed by atoms with Crippen molar-refractivity contribution in [2.24, 2.45) is 0 Å². The Morgan fingerprint density at radius 1 is 1.06 bits per heavy atom. The van der Waals surface area contributed by atoms with E-state index in [1.165, 1.54) is 30.3 Å². The molecule has 1 aliphatic heterocycles. The van der Waals surface area contributed by atoms with Crippen LogP contribution in [0, 0.1) is 0 Å². The van der Waals surface area contributed by atoms with Gasteiger partial charge in [0.1, 0.15) is 0 Å². The van der Waals surface area contributed by atoms with Gasteiger partial charge in [-0.05, 0) is 87.9 Å². The van der Waals surface area contributed by atoms with Gasteiger partial charge in [-0.1, -0.05) is 75.4 Å². The molecule has 1 aromatic heterocycles. The lowest BCUT2D eigenvalue weighted by molar-refractivity contribution is 0.0895. The van der Waals surface area contributed by atoms with Crippen molar-refractivity contribution in [3.63, 3.8) is 0 Å². The molecule has 1 N–H and O–H groups in total. The second kappa shape index (κ2) is 15.9. The van der Waals surface area contributed by atoms with Gasteiger partial charge in [0.25, 0.3) is 0 Å². The summed E-state index contributed by atoms with van der Waals surface area (Å²) < 4.78 is 43.7. The van der Waals surface area contributed by atoms with Crippen molar-refractivity contribution >= 4 is 18.0 Å². The van der Waals surface area contributed by atoms with E-state index in [1.807, 2.05) is 0 Å². The molecule has 0 aromatic carbocycles. The number of aromatic nitrogens is 1. The van der Waals surface area contributed by atoms with Gasteiger partial charge in [0.15, 0.2) is 0 Å². The van der Waals surface area contributed by atoms with Crippen molar-refractivity contribution < 1.29 is 11.6 Å². The van der Waals surface area contributed by atoms with E-state index in [0.29, 0.717) is 17.2 Å². The molecule has 0 spiro atoms. The molecule has 34 heavy (non-hydrogen) atoms. The first-order valence-electron chi connectivity index (χ1n) is 16.4. The molecule has 188 valence electrons. The average molecular weight is 470 g/mol. The minimum atomic E-state index is -1.21. The number of unbranched alkanes of at least 4 members (excludes halogenated alkanes) is 8. The molecule has 1 aliphatic carbocycles. The highest BCUT2D eigenvalue weighted by atomic mass is 16.2. The summed E-state index contributed by atoms with van der Waals surface area (Å²) in [6.45, 7) is 3.14. The zero-order valence-corrected chi connectivity index (χ0v) is 21.2. The number of nitrogens with one attached hydrogen (secondary N) is 1. The summed E-state index contributed by atoms with van der Waals surface area (Å²) in [5, 5.41) is 4.02. The second-order valence-electron chi connectivity index (χ2n) is 9.64. The molecule has 2 aliphatic rings. The van der Waals surface area contributed by atoms with E-state index >= 15 is 0 Å². The monoisotopic (exact) mass is 469 g/mol. The van der Waals surface area contributed by atoms with Crippen LogP contribution in [0.25, 0.3) is 12.1 Å². The van der Waals surface area contributed by atoms with Crippen molar-refractivity contribution in [1.82, 2.24) is 9.88 Å². The molecule has 3 atom stereocenters. The molecule has 0 saturated carbocycles. The Kier molecular flexibility index (Phi) is 9.52. The Bertz CT molecular complexity index is 1120. The molecule has 0 bridgehead atoms. The van der Waals surface area contributed by atoms with Crippen LogP contribution in [0.5, 0.6) is 0 Å². The third-order valence-electron chi connectivity index (χ3n) is 6.74. The van der Waals surface area contributed by atoms with Crippen LogP contribution in [0.3, 0.4) is 0 Å². The van der Waals surface area contributed by atoms with Crippen LogP contribution in [-0.2, 0) is 6.42 Å². The molecule has 3 rings (SSSR count). The van der Waals surface area contributed by atoms with Crippen molar-refractivity contribution in [2.75, 3.05) is 6.54 Å². The lowest BCUT2D eigenvalue weighted by Gasteiger charge is -2.08. The lowest BCUT2D eigenvalue weighted by atomic mass is 10.0. The van der Waals surface area contributed by atoms with Crippen LogP contribution < -0.4 is 15.9 Å². The Labute approximate surface area is 215 Å². The minimum Gasteiger partial charge on any atom is -0.314 e. The maximum atomic E-state index is 13.3. The Morgan fingerprint density at radius 2 is 1.79 bits per heavy atom. The molecule has 2 heterocycles. The number of hydrogen-bond acceptors (Lipinski definition) is 2. The second-order valence-corrected chi connectivity index (χ2v) is 9.64. The first-order valence-corrected chi connectivity index (χ1v) is 13.7. The van der Waals surface area contributed by atoms with Gasteiger partial charge >= 0.3 is 0 Å². The summed E-state index contributed by atoms with van der Waals surface area (Å²) in [5.74, 6) is -0.235. The maximum absolute atomic E-state index is 13.3. The Hall–Kier alpha value is -1.87. The Morgan fingerprint density at radius 3 is 2.56 bits per heavy atom. The zero-order chi connectivity index (χ0) is 28.2. The van der Waals surface area contributed by atoms with E-state index in [-0.39, 0.29) is 42.0 Å². The molecule has 2 unspecified atom stereocenters. The van der Waals surface area contributed by atoms with Crippen LogP contribution in [0.2, 0.25) is 0 Å². The summed E-state index contributed by atoms with van der Waals surface area (Å²) in [4.78, 5) is 13.3. The van der Waals surface area contributed by atoms with E-state index in [4.69, 9.17) is 6.85 Å². The quantitative estimate of drug-likeness (QED) is 0.219. The summed E-state index contributed by atoms with van der Waals surface area (Å²) in [6, 6.07) is 0.0190. The van der Waals surface area contributed by atoms with Gasteiger partial charge in [0, 0.05) is 21.4 Å². The van der Waals surface area contributed by atoms with Gasteiger partial charge in [-0.3, -0.25) is 9.36 Å². The number of carbonyl (C=O) groups is 1. The van der Waals surface area contributed by atoms with E-state index in [9.17, 15) is 4.79 Å². The SMILES string of the molecule is [2H]C1=c2c(C[C@H]3CCCN3)c([2H])n(C(=O)CCCCCCC/C=C\C/C=C\CCCCC)c2=C([2H])C([2H])C1[2H]. The van der Waals surface area contributed by atoms with Crippen molar-refractivity contribution in [2.45, 2.75) is 122 Å². The number of rotatable bonds is 16. The minimum absolute atomic E-state index is 0.0360. The third-order valence-corrected chi connectivity index (χ3v) is 6.74. The molecule has 0 amide bonds. The van der Waals surface area contributed by atoms with Crippen molar-refractivity contribution in [1.29, 1.82) is 0 Å². The van der Waals surface area contributed by atoms with Crippen LogP contribution in [0.1, 0.15) is 127 Å². The van der Waals surface area contributed by atoms with E-state index < -0.39 is 12.8 Å². The molecule has 3 heteroatoms. The molecule has 1 fully saturated rings. The molecular formula is C31H48N2O.